The molecule has 6 heteroatoms. The molecule has 0 radical (unpaired) electrons. The maximum absolute atomic E-state index is 11.8. The van der Waals surface area contributed by atoms with Crippen molar-refractivity contribution in [3.63, 3.8) is 0 Å². The van der Waals surface area contributed by atoms with Gasteiger partial charge in [-0.1, -0.05) is 0 Å². The molecule has 2 aromatic heterocycles. The third-order valence-corrected chi connectivity index (χ3v) is 4.70. The van der Waals surface area contributed by atoms with Gasteiger partial charge in [-0.15, -0.1) is 11.3 Å². The Labute approximate surface area is 115 Å². The lowest BCUT2D eigenvalue weighted by Crippen LogP contribution is -2.47. The molecule has 2 heterocycles. The second-order valence-electron chi connectivity index (χ2n) is 4.99. The number of nitrogens with zero attached hydrogens (tertiary/aromatic N) is 1. The first-order chi connectivity index (χ1) is 9.22. The van der Waals surface area contributed by atoms with Gasteiger partial charge >= 0.3 is 0 Å². The third-order valence-electron chi connectivity index (χ3n) is 3.80. The maximum Gasteiger partial charge on any atom is 0.268 e. The normalized spacial score (nSPS) is 17.5. The summed E-state index contributed by atoms with van der Waals surface area (Å²) < 4.78 is 6.23. The molecule has 0 unspecified atom stereocenters. The topological polar surface area (TPSA) is 67.0 Å². The van der Waals surface area contributed by atoms with Gasteiger partial charge in [0.25, 0.3) is 5.56 Å². The number of H-pyrrole nitrogens is 1. The van der Waals surface area contributed by atoms with Crippen molar-refractivity contribution in [1.82, 2.24) is 15.3 Å². The number of hydrogen-bond donors (Lipinski definition) is 2. The average molecular weight is 279 g/mol. The largest absolute Gasteiger partial charge is 0.377 e. The fraction of sp³-hybridized carbons (Fsp3) is 0.538. The number of methoxy groups -OCH3 is 1. The Bertz CT molecular complexity index is 625. The minimum absolute atomic E-state index is 0.00717. The van der Waals surface area contributed by atoms with Gasteiger partial charge in [-0.05, 0) is 30.7 Å². The zero-order chi connectivity index (χ0) is 13.3. The zero-order valence-corrected chi connectivity index (χ0v) is 11.7. The van der Waals surface area contributed by atoms with E-state index in [1.54, 1.807) is 7.11 Å². The van der Waals surface area contributed by atoms with Crippen LogP contribution in [0.3, 0.4) is 0 Å². The second kappa shape index (κ2) is 5.03. The number of nitrogens with one attached hydrogen (secondary N) is 2. The van der Waals surface area contributed by atoms with Crippen LogP contribution in [0.2, 0.25) is 0 Å². The van der Waals surface area contributed by atoms with Gasteiger partial charge in [0.05, 0.1) is 17.7 Å². The maximum atomic E-state index is 11.8. The third kappa shape index (κ3) is 2.43. The van der Waals surface area contributed by atoms with E-state index in [9.17, 15) is 4.79 Å². The van der Waals surface area contributed by atoms with Gasteiger partial charge in [-0.2, -0.15) is 0 Å². The van der Waals surface area contributed by atoms with Crippen molar-refractivity contribution in [1.29, 1.82) is 0 Å². The van der Waals surface area contributed by atoms with E-state index in [1.807, 2.05) is 11.4 Å². The lowest BCUT2D eigenvalue weighted by atomic mass is 9.80. The van der Waals surface area contributed by atoms with E-state index in [0.717, 1.165) is 24.9 Å². The Morgan fingerprint density at radius 1 is 1.58 bits per heavy atom. The van der Waals surface area contributed by atoms with E-state index < -0.39 is 0 Å². The minimum Gasteiger partial charge on any atom is -0.377 e. The highest BCUT2D eigenvalue weighted by Crippen LogP contribution is 2.34. The fourth-order valence-electron chi connectivity index (χ4n) is 2.44. The Morgan fingerprint density at radius 3 is 3.11 bits per heavy atom. The second-order valence-corrected chi connectivity index (χ2v) is 5.91. The molecule has 2 N–H and O–H groups in total. The number of fused-ring (bicyclic) bond motifs is 1. The van der Waals surface area contributed by atoms with Gasteiger partial charge < -0.3 is 15.0 Å². The SMILES string of the molecule is COC1(CNCc2nc3ccsc3c(=O)[nH]2)CCC1. The molecule has 0 atom stereocenters. The molecule has 0 saturated heterocycles. The van der Waals surface area contributed by atoms with Crippen LogP contribution in [0, 0.1) is 0 Å². The van der Waals surface area contributed by atoms with Crippen molar-refractivity contribution in [2.45, 2.75) is 31.4 Å². The van der Waals surface area contributed by atoms with Crippen LogP contribution in [0.4, 0.5) is 0 Å². The van der Waals surface area contributed by atoms with E-state index in [0.29, 0.717) is 17.1 Å². The lowest BCUT2D eigenvalue weighted by Gasteiger charge is -2.40. The molecule has 5 nitrogen and oxygen atoms in total. The minimum atomic E-state index is -0.0538. The highest BCUT2D eigenvalue weighted by atomic mass is 32.1. The van der Waals surface area contributed by atoms with Crippen LogP contribution in [-0.2, 0) is 11.3 Å². The van der Waals surface area contributed by atoms with E-state index in [1.165, 1.54) is 17.8 Å². The smallest absolute Gasteiger partial charge is 0.268 e. The molecule has 19 heavy (non-hydrogen) atoms. The van der Waals surface area contributed by atoms with Crippen LogP contribution in [0.5, 0.6) is 0 Å². The summed E-state index contributed by atoms with van der Waals surface area (Å²) in [7, 11) is 1.76. The Balaban J connectivity index is 1.67. The number of aromatic nitrogens is 2. The van der Waals surface area contributed by atoms with Crippen LogP contribution in [0.15, 0.2) is 16.2 Å². The van der Waals surface area contributed by atoms with E-state index in [2.05, 4.69) is 15.3 Å². The number of thiophene rings is 1. The Hall–Kier alpha value is -1.24. The molecular weight excluding hydrogens is 262 g/mol. The Kier molecular flexibility index (Phi) is 3.38. The monoisotopic (exact) mass is 279 g/mol. The molecular formula is C13H17N3O2S. The number of aromatic amines is 1. The number of hydrogen-bond acceptors (Lipinski definition) is 5. The fourth-order valence-corrected chi connectivity index (χ4v) is 3.16. The molecule has 0 aromatic carbocycles. The van der Waals surface area contributed by atoms with Crippen LogP contribution in [-0.4, -0.2) is 29.2 Å². The van der Waals surface area contributed by atoms with Crippen LogP contribution >= 0.6 is 11.3 Å². The summed E-state index contributed by atoms with van der Waals surface area (Å²) in [6.07, 6.45) is 3.43. The van der Waals surface area contributed by atoms with E-state index >= 15 is 0 Å². The highest BCUT2D eigenvalue weighted by molar-refractivity contribution is 7.17. The van der Waals surface area contributed by atoms with Gasteiger partial charge in [0.1, 0.15) is 10.5 Å². The van der Waals surface area contributed by atoms with Crippen LogP contribution in [0.1, 0.15) is 25.1 Å². The summed E-state index contributed by atoms with van der Waals surface area (Å²) in [5.74, 6) is 0.682. The predicted molar refractivity (Wildman–Crippen MR) is 75.5 cm³/mol. The molecule has 3 rings (SSSR count). The first-order valence-electron chi connectivity index (χ1n) is 6.45. The van der Waals surface area contributed by atoms with Gasteiger partial charge in [0, 0.05) is 13.7 Å². The summed E-state index contributed by atoms with van der Waals surface area (Å²) in [6.45, 7) is 1.36. The van der Waals surface area contributed by atoms with E-state index in [-0.39, 0.29) is 11.2 Å². The van der Waals surface area contributed by atoms with Gasteiger partial charge in [-0.3, -0.25) is 4.79 Å². The lowest BCUT2D eigenvalue weighted by molar-refractivity contribution is -0.0696. The van der Waals surface area contributed by atoms with Crippen molar-refractivity contribution in [2.24, 2.45) is 0 Å². The molecule has 1 aliphatic carbocycles. The van der Waals surface area contributed by atoms with E-state index in [4.69, 9.17) is 4.74 Å². The van der Waals surface area contributed by atoms with Crippen LogP contribution < -0.4 is 10.9 Å². The van der Waals surface area contributed by atoms with Crippen molar-refractivity contribution in [2.75, 3.05) is 13.7 Å². The molecule has 102 valence electrons. The summed E-state index contributed by atoms with van der Waals surface area (Å²) in [6, 6.07) is 1.88. The summed E-state index contributed by atoms with van der Waals surface area (Å²) in [4.78, 5) is 19.1. The molecule has 0 bridgehead atoms. The molecule has 1 fully saturated rings. The number of rotatable bonds is 5. The molecule has 1 saturated carbocycles. The summed E-state index contributed by atoms with van der Waals surface area (Å²) >= 11 is 1.42. The van der Waals surface area contributed by atoms with Crippen molar-refractivity contribution in [3.8, 4) is 0 Å². The standard InChI is InChI=1S/C13H17N3O2S/c1-18-13(4-2-5-13)8-14-7-10-15-9-3-6-19-11(9)12(17)16-10/h3,6,14H,2,4-5,7-8H2,1H3,(H,15,16,17). The first-order valence-corrected chi connectivity index (χ1v) is 7.33. The van der Waals surface area contributed by atoms with Gasteiger partial charge in [0.2, 0.25) is 0 Å². The zero-order valence-electron chi connectivity index (χ0n) is 10.9. The van der Waals surface area contributed by atoms with Gasteiger partial charge in [0.15, 0.2) is 0 Å². The summed E-state index contributed by atoms with van der Waals surface area (Å²) in [5, 5.41) is 5.21. The van der Waals surface area contributed by atoms with Crippen LogP contribution in [0.25, 0.3) is 10.2 Å². The average Bonchev–Trinajstić information content (AvgIpc) is 2.81. The Morgan fingerprint density at radius 2 is 2.42 bits per heavy atom. The van der Waals surface area contributed by atoms with Crippen molar-refractivity contribution in [3.05, 3.63) is 27.6 Å². The molecule has 0 aliphatic heterocycles. The molecule has 0 amide bonds. The van der Waals surface area contributed by atoms with Crippen molar-refractivity contribution < 1.29 is 4.74 Å². The first kappa shape index (κ1) is 12.8. The van der Waals surface area contributed by atoms with Crippen molar-refractivity contribution >= 4 is 21.6 Å². The molecule has 1 aliphatic rings. The molecule has 2 aromatic rings. The quantitative estimate of drug-likeness (QED) is 0.873. The molecule has 0 spiro atoms. The number of ether oxygens (including phenoxy) is 1. The predicted octanol–water partition coefficient (Wildman–Crippen LogP) is 1.64. The van der Waals surface area contributed by atoms with Gasteiger partial charge in [-0.25, -0.2) is 4.98 Å². The highest BCUT2D eigenvalue weighted by Gasteiger charge is 2.36. The summed E-state index contributed by atoms with van der Waals surface area (Å²) in [5.41, 5.74) is 0.713.